The first-order valence-electron chi connectivity index (χ1n) is 18.3. The van der Waals surface area contributed by atoms with Crippen molar-refractivity contribution < 1.29 is 0 Å². The Bertz CT molecular complexity index is 1810. The van der Waals surface area contributed by atoms with Crippen LogP contribution in [0.15, 0.2) is 97.1 Å². The van der Waals surface area contributed by atoms with E-state index in [2.05, 4.69) is 98.2 Å². The molecule has 2 aliphatic carbocycles. The zero-order valence-electron chi connectivity index (χ0n) is 29.2. The van der Waals surface area contributed by atoms with Crippen LogP contribution in [0.1, 0.15) is 107 Å². The molecule has 2 fully saturated rings. The van der Waals surface area contributed by atoms with E-state index < -0.39 is 0 Å². The van der Waals surface area contributed by atoms with Crippen LogP contribution in [0, 0.1) is 70.0 Å². The van der Waals surface area contributed by atoms with E-state index in [-0.39, 0.29) is 0 Å². The Kier molecular flexibility index (Phi) is 13.3. The van der Waals surface area contributed by atoms with Crippen LogP contribution in [0.4, 0.5) is 0 Å². The number of nitrogens with zero attached hydrogens (tertiary/aromatic N) is 2. The Morgan fingerprint density at radius 2 is 0.776 bits per heavy atom. The van der Waals surface area contributed by atoms with Crippen molar-refractivity contribution in [1.82, 2.24) is 0 Å². The van der Waals surface area contributed by atoms with Crippen LogP contribution in [0.2, 0.25) is 0 Å². The summed E-state index contributed by atoms with van der Waals surface area (Å²) >= 11 is 0. The largest absolute Gasteiger partial charge is 0.192 e. The highest BCUT2D eigenvalue weighted by molar-refractivity contribution is 5.66. The molecular weight excluding hydrogens is 593 g/mol. The Hall–Kier alpha value is -5.02. The number of rotatable bonds is 5. The second-order valence-corrected chi connectivity index (χ2v) is 13.7. The molecule has 0 atom stereocenters. The Morgan fingerprint density at radius 3 is 1.08 bits per heavy atom. The van der Waals surface area contributed by atoms with E-state index in [1.54, 1.807) is 0 Å². The average molecular weight is 641 g/mol. The molecule has 0 amide bonds. The van der Waals surface area contributed by atoms with Crippen molar-refractivity contribution in [1.29, 1.82) is 10.5 Å². The van der Waals surface area contributed by atoms with E-state index in [9.17, 15) is 0 Å². The molecule has 2 aliphatic rings. The van der Waals surface area contributed by atoms with Gasteiger partial charge >= 0.3 is 0 Å². The lowest BCUT2D eigenvalue weighted by atomic mass is 9.80. The van der Waals surface area contributed by atoms with E-state index in [0.29, 0.717) is 23.0 Å². The smallest absolute Gasteiger partial charge is 0.0991 e. The summed E-state index contributed by atoms with van der Waals surface area (Å²) < 4.78 is 0. The van der Waals surface area contributed by atoms with Gasteiger partial charge in [-0.05, 0) is 134 Å². The highest BCUT2D eigenvalue weighted by Crippen LogP contribution is 2.32. The lowest BCUT2D eigenvalue weighted by molar-refractivity contribution is 0.300. The zero-order valence-corrected chi connectivity index (χ0v) is 29.2. The fraction of sp³-hybridized carbons (Fsp3) is 0.362. The summed E-state index contributed by atoms with van der Waals surface area (Å²) in [5.74, 6) is 16.7. The van der Waals surface area contributed by atoms with Crippen molar-refractivity contribution in [3.63, 3.8) is 0 Å². The first-order valence-corrected chi connectivity index (χ1v) is 18.3. The van der Waals surface area contributed by atoms with Gasteiger partial charge in [0.25, 0.3) is 0 Å². The standard InChI is InChI=1S/C24H25N.C23H23N/c1-2-3-19-4-6-20(7-5-19)8-9-21-10-14-23(15-11-21)24-16-12-22(18-25)13-17-24;1-2-18-3-5-19(6-4-18)7-8-20-9-13-22(14-10-20)23-15-11-21(17-24)12-16-23/h10-17,19-20H,2-7H2,1H3;9-16,18-19H,2-6H2,1H3/t19-,20-;18-,19-. The summed E-state index contributed by atoms with van der Waals surface area (Å²) in [7, 11) is 0. The minimum absolute atomic E-state index is 0.575. The predicted molar refractivity (Wildman–Crippen MR) is 203 cm³/mol. The number of hydrogen-bond donors (Lipinski definition) is 0. The summed E-state index contributed by atoms with van der Waals surface area (Å²) in [5, 5.41) is 17.7. The zero-order chi connectivity index (χ0) is 34.3. The molecule has 49 heavy (non-hydrogen) atoms. The fourth-order valence-electron chi connectivity index (χ4n) is 7.06. The van der Waals surface area contributed by atoms with Gasteiger partial charge in [0.2, 0.25) is 0 Å². The van der Waals surface area contributed by atoms with Gasteiger partial charge < -0.3 is 0 Å². The maximum atomic E-state index is 8.88. The number of nitriles is 2. The summed E-state index contributed by atoms with van der Waals surface area (Å²) in [5.41, 5.74) is 8.15. The molecule has 2 nitrogen and oxygen atoms in total. The quantitative estimate of drug-likeness (QED) is 0.204. The van der Waals surface area contributed by atoms with Crippen LogP contribution in [0.3, 0.4) is 0 Å². The van der Waals surface area contributed by atoms with Crippen molar-refractivity contribution >= 4 is 0 Å². The summed E-state index contributed by atoms with van der Waals surface area (Å²) in [6, 6.07) is 36.5. The van der Waals surface area contributed by atoms with Crippen LogP contribution >= 0.6 is 0 Å². The molecule has 246 valence electrons. The molecule has 0 spiro atoms. The maximum Gasteiger partial charge on any atom is 0.0991 e. The summed E-state index contributed by atoms with van der Waals surface area (Å²) in [4.78, 5) is 0. The first kappa shape index (κ1) is 35.3. The monoisotopic (exact) mass is 640 g/mol. The summed E-state index contributed by atoms with van der Waals surface area (Å²) in [6.07, 6.45) is 14.4. The Balaban J connectivity index is 0.000000191. The lowest BCUT2D eigenvalue weighted by Crippen LogP contribution is -2.13. The number of benzene rings is 4. The van der Waals surface area contributed by atoms with Gasteiger partial charge in [0.1, 0.15) is 0 Å². The third-order valence-electron chi connectivity index (χ3n) is 10.3. The van der Waals surface area contributed by atoms with Gasteiger partial charge in [0.05, 0.1) is 23.3 Å². The molecule has 0 saturated heterocycles. The van der Waals surface area contributed by atoms with Crippen molar-refractivity contribution in [3.8, 4) is 58.1 Å². The van der Waals surface area contributed by atoms with Crippen molar-refractivity contribution in [3.05, 3.63) is 119 Å². The molecule has 6 rings (SSSR count). The third kappa shape index (κ3) is 10.7. The summed E-state index contributed by atoms with van der Waals surface area (Å²) in [6.45, 7) is 4.58. The van der Waals surface area contributed by atoms with Gasteiger partial charge in [-0.25, -0.2) is 0 Å². The van der Waals surface area contributed by atoms with Crippen LogP contribution in [-0.4, -0.2) is 0 Å². The Morgan fingerprint density at radius 1 is 0.449 bits per heavy atom. The number of hydrogen-bond acceptors (Lipinski definition) is 2. The highest BCUT2D eigenvalue weighted by atomic mass is 14.2. The van der Waals surface area contributed by atoms with E-state index in [1.165, 1.54) is 70.6 Å². The van der Waals surface area contributed by atoms with E-state index in [0.717, 1.165) is 45.2 Å². The molecule has 0 radical (unpaired) electrons. The molecule has 4 aromatic rings. The van der Waals surface area contributed by atoms with Crippen molar-refractivity contribution in [2.45, 2.75) is 84.5 Å². The van der Waals surface area contributed by atoms with Gasteiger partial charge in [-0.3, -0.25) is 0 Å². The lowest BCUT2D eigenvalue weighted by Gasteiger charge is -2.25. The third-order valence-corrected chi connectivity index (χ3v) is 10.3. The molecule has 0 unspecified atom stereocenters. The minimum atomic E-state index is 0.575. The molecule has 0 aliphatic heterocycles. The van der Waals surface area contributed by atoms with Crippen molar-refractivity contribution in [2.75, 3.05) is 0 Å². The van der Waals surface area contributed by atoms with Crippen LogP contribution in [0.25, 0.3) is 22.3 Å². The molecule has 2 saturated carbocycles. The molecule has 2 heteroatoms. The SMILES string of the molecule is CCC[C@H]1CC[C@H](C#Cc2ccc(-c3ccc(C#N)cc3)cc2)CC1.CC[C@H]1CC[C@H](C#Cc2ccc(-c3ccc(C#N)cc3)cc2)CC1. The molecular formula is C47H48N2. The first-order chi connectivity index (χ1) is 24.1. The molecule has 0 heterocycles. The molecule has 0 N–H and O–H groups in total. The van der Waals surface area contributed by atoms with E-state index in [1.807, 2.05) is 48.5 Å². The van der Waals surface area contributed by atoms with Crippen LogP contribution in [0.5, 0.6) is 0 Å². The Labute approximate surface area is 295 Å². The van der Waals surface area contributed by atoms with E-state index >= 15 is 0 Å². The second kappa shape index (κ2) is 18.5. The van der Waals surface area contributed by atoms with Gasteiger partial charge in [0.15, 0.2) is 0 Å². The van der Waals surface area contributed by atoms with Gasteiger partial charge in [-0.1, -0.05) is 105 Å². The molecule has 4 aromatic carbocycles. The molecule has 0 bridgehead atoms. The molecule has 0 aromatic heterocycles. The van der Waals surface area contributed by atoms with Gasteiger partial charge in [-0.15, -0.1) is 0 Å². The second-order valence-electron chi connectivity index (χ2n) is 13.7. The minimum Gasteiger partial charge on any atom is -0.192 e. The average Bonchev–Trinajstić information content (AvgIpc) is 3.18. The van der Waals surface area contributed by atoms with Crippen LogP contribution < -0.4 is 0 Å². The van der Waals surface area contributed by atoms with Gasteiger partial charge in [-0.2, -0.15) is 10.5 Å². The van der Waals surface area contributed by atoms with Gasteiger partial charge in [0, 0.05) is 23.0 Å². The predicted octanol–water partition coefficient (Wildman–Crippen LogP) is 12.0. The van der Waals surface area contributed by atoms with Crippen molar-refractivity contribution in [2.24, 2.45) is 23.7 Å². The normalized spacial score (nSPS) is 19.7. The highest BCUT2D eigenvalue weighted by Gasteiger charge is 2.19. The fourth-order valence-corrected chi connectivity index (χ4v) is 7.06. The topological polar surface area (TPSA) is 47.6 Å². The van der Waals surface area contributed by atoms with E-state index in [4.69, 9.17) is 10.5 Å². The maximum absolute atomic E-state index is 8.88. The van der Waals surface area contributed by atoms with Crippen LogP contribution in [-0.2, 0) is 0 Å².